The van der Waals surface area contributed by atoms with Crippen molar-refractivity contribution in [3.63, 3.8) is 0 Å². The third-order valence-electron chi connectivity index (χ3n) is 4.27. The van der Waals surface area contributed by atoms with Crippen molar-refractivity contribution in [2.45, 2.75) is 50.1 Å². The number of carbonyl (C=O) groups excluding carboxylic acids is 1. The zero-order valence-corrected chi connectivity index (χ0v) is 15.7. The lowest BCUT2D eigenvalue weighted by Crippen LogP contribution is -2.36. The molecule has 25 heavy (non-hydrogen) atoms. The van der Waals surface area contributed by atoms with E-state index in [0.29, 0.717) is 6.54 Å². The Hall–Kier alpha value is -1.86. The van der Waals surface area contributed by atoms with Gasteiger partial charge < -0.3 is 10.1 Å². The molecule has 0 aliphatic carbocycles. The van der Waals surface area contributed by atoms with Crippen LogP contribution in [-0.2, 0) is 9.53 Å². The maximum atomic E-state index is 12.4. The van der Waals surface area contributed by atoms with Crippen LogP contribution in [0.2, 0.25) is 0 Å². The lowest BCUT2D eigenvalue weighted by Gasteiger charge is -2.15. The molecule has 1 aromatic carbocycles. The molecule has 3 rings (SSSR count). The summed E-state index contributed by atoms with van der Waals surface area (Å²) >= 11 is 1.42. The summed E-state index contributed by atoms with van der Waals surface area (Å²) in [5.74, 6) is 0.801. The molecule has 1 aromatic heterocycles. The summed E-state index contributed by atoms with van der Waals surface area (Å²) in [6.07, 6.45) is 2.24. The third-order valence-corrected chi connectivity index (χ3v) is 5.31. The third kappa shape index (κ3) is 4.41. The van der Waals surface area contributed by atoms with E-state index < -0.39 is 0 Å². The first-order valence-electron chi connectivity index (χ1n) is 8.59. The quantitative estimate of drug-likeness (QED) is 0.802. The molecule has 2 unspecified atom stereocenters. The van der Waals surface area contributed by atoms with Gasteiger partial charge in [0.15, 0.2) is 5.16 Å². The number of hydrogen-bond donors (Lipinski definition) is 1. The van der Waals surface area contributed by atoms with Gasteiger partial charge in [-0.25, -0.2) is 0 Å². The molecule has 1 amide bonds. The molecule has 2 heterocycles. The molecular formula is C18H24N4O2S. The molecular weight excluding hydrogens is 336 g/mol. The molecule has 0 spiro atoms. The summed E-state index contributed by atoms with van der Waals surface area (Å²) in [5, 5.41) is 11.9. The average Bonchev–Trinajstić information content (AvgIpc) is 3.24. The Balaban J connectivity index is 1.65. The minimum absolute atomic E-state index is 0.00314. The molecule has 0 radical (unpaired) electrons. The number of hydrogen-bond acceptors (Lipinski definition) is 5. The average molecular weight is 360 g/mol. The maximum Gasteiger partial charge on any atom is 0.233 e. The van der Waals surface area contributed by atoms with Gasteiger partial charge in [-0.05, 0) is 45.7 Å². The highest BCUT2D eigenvalue weighted by atomic mass is 32.2. The van der Waals surface area contributed by atoms with Gasteiger partial charge in [-0.15, -0.1) is 10.2 Å². The van der Waals surface area contributed by atoms with E-state index in [4.69, 9.17) is 4.74 Å². The topological polar surface area (TPSA) is 69.0 Å². The van der Waals surface area contributed by atoms with Crippen LogP contribution in [0.3, 0.4) is 0 Å². The number of carbonyl (C=O) groups is 1. The van der Waals surface area contributed by atoms with Crippen LogP contribution < -0.4 is 5.32 Å². The van der Waals surface area contributed by atoms with Gasteiger partial charge in [-0.1, -0.05) is 29.5 Å². The number of rotatable bonds is 6. The van der Waals surface area contributed by atoms with E-state index in [1.165, 1.54) is 17.3 Å². The molecule has 6 nitrogen and oxygen atoms in total. The zero-order chi connectivity index (χ0) is 17.8. The fraction of sp³-hybridized carbons (Fsp3) is 0.500. The number of aryl methyl sites for hydroxylation is 2. The van der Waals surface area contributed by atoms with E-state index in [1.807, 2.05) is 30.5 Å². The highest BCUT2D eigenvalue weighted by Gasteiger charge is 2.22. The fourth-order valence-corrected chi connectivity index (χ4v) is 3.72. The van der Waals surface area contributed by atoms with Gasteiger partial charge in [0.1, 0.15) is 5.82 Å². The lowest BCUT2D eigenvalue weighted by atomic mass is 10.2. The Morgan fingerprint density at radius 1 is 1.36 bits per heavy atom. The second-order valence-electron chi connectivity index (χ2n) is 6.34. The first kappa shape index (κ1) is 17.9. The van der Waals surface area contributed by atoms with Gasteiger partial charge in [0.2, 0.25) is 5.91 Å². The predicted octanol–water partition coefficient (Wildman–Crippen LogP) is 2.66. The fourth-order valence-electron chi connectivity index (χ4n) is 2.79. The van der Waals surface area contributed by atoms with Crippen LogP contribution in [0, 0.1) is 13.8 Å². The molecule has 0 saturated carbocycles. The Bertz CT molecular complexity index is 723. The number of nitrogens with one attached hydrogen (secondary N) is 1. The molecule has 7 heteroatoms. The van der Waals surface area contributed by atoms with Crippen LogP contribution in [0.15, 0.2) is 29.4 Å². The summed E-state index contributed by atoms with van der Waals surface area (Å²) < 4.78 is 7.52. The number of thioether (sulfide) groups is 1. The van der Waals surface area contributed by atoms with E-state index in [0.717, 1.165) is 36.1 Å². The van der Waals surface area contributed by atoms with Crippen molar-refractivity contribution in [1.29, 1.82) is 0 Å². The van der Waals surface area contributed by atoms with Gasteiger partial charge >= 0.3 is 0 Å². The van der Waals surface area contributed by atoms with E-state index >= 15 is 0 Å². The van der Waals surface area contributed by atoms with Crippen molar-refractivity contribution >= 4 is 17.7 Å². The number of benzene rings is 1. The van der Waals surface area contributed by atoms with Gasteiger partial charge in [0, 0.05) is 18.8 Å². The standard InChI is InChI=1S/C18H24N4O2S/c1-12-6-8-15(9-7-12)22-14(3)20-21-18(22)25-13(2)17(23)19-11-16-5-4-10-24-16/h6-9,13,16H,4-5,10-11H2,1-3H3,(H,19,23). The van der Waals surface area contributed by atoms with Gasteiger partial charge in [0.25, 0.3) is 0 Å². The maximum absolute atomic E-state index is 12.4. The molecule has 2 aromatic rings. The minimum Gasteiger partial charge on any atom is -0.376 e. The minimum atomic E-state index is -0.255. The van der Waals surface area contributed by atoms with Crippen molar-refractivity contribution in [1.82, 2.24) is 20.1 Å². The molecule has 2 atom stereocenters. The highest BCUT2D eigenvalue weighted by Crippen LogP contribution is 2.25. The molecule has 1 aliphatic heterocycles. The summed E-state index contributed by atoms with van der Waals surface area (Å²) in [6.45, 7) is 7.23. The van der Waals surface area contributed by atoms with Gasteiger partial charge in [-0.3, -0.25) is 9.36 Å². The molecule has 0 bridgehead atoms. The predicted molar refractivity (Wildman–Crippen MR) is 98.1 cm³/mol. The summed E-state index contributed by atoms with van der Waals surface area (Å²) in [7, 11) is 0. The smallest absolute Gasteiger partial charge is 0.233 e. The molecule has 1 fully saturated rings. The molecule has 134 valence electrons. The number of aromatic nitrogens is 3. The summed E-state index contributed by atoms with van der Waals surface area (Å²) in [5.41, 5.74) is 2.20. The molecule has 1 saturated heterocycles. The van der Waals surface area contributed by atoms with Crippen molar-refractivity contribution in [2.24, 2.45) is 0 Å². The monoisotopic (exact) mass is 360 g/mol. The van der Waals surface area contributed by atoms with E-state index in [2.05, 4.69) is 34.6 Å². The molecule has 1 aliphatic rings. The second-order valence-corrected chi connectivity index (χ2v) is 7.65. The van der Waals surface area contributed by atoms with Gasteiger partial charge in [-0.2, -0.15) is 0 Å². The normalized spacial score (nSPS) is 18.3. The van der Waals surface area contributed by atoms with Crippen LogP contribution in [0.5, 0.6) is 0 Å². The van der Waals surface area contributed by atoms with E-state index in [1.54, 1.807) is 0 Å². The Morgan fingerprint density at radius 3 is 2.80 bits per heavy atom. The Labute approximate surface area is 152 Å². The second kappa shape index (κ2) is 8.01. The lowest BCUT2D eigenvalue weighted by molar-refractivity contribution is -0.120. The van der Waals surface area contributed by atoms with Crippen LogP contribution in [-0.4, -0.2) is 45.2 Å². The number of amides is 1. The molecule has 1 N–H and O–H groups in total. The number of ether oxygens (including phenoxy) is 1. The summed E-state index contributed by atoms with van der Waals surface area (Å²) in [6, 6.07) is 8.19. The summed E-state index contributed by atoms with van der Waals surface area (Å²) in [4.78, 5) is 12.4. The Morgan fingerprint density at radius 2 is 2.12 bits per heavy atom. The highest BCUT2D eigenvalue weighted by molar-refractivity contribution is 8.00. The van der Waals surface area contributed by atoms with Crippen LogP contribution in [0.4, 0.5) is 0 Å². The number of nitrogens with zero attached hydrogens (tertiary/aromatic N) is 3. The van der Waals surface area contributed by atoms with Crippen LogP contribution in [0.25, 0.3) is 5.69 Å². The first-order valence-corrected chi connectivity index (χ1v) is 9.47. The Kier molecular flexibility index (Phi) is 5.75. The van der Waals surface area contributed by atoms with Crippen molar-refractivity contribution < 1.29 is 9.53 Å². The van der Waals surface area contributed by atoms with Crippen molar-refractivity contribution in [3.05, 3.63) is 35.7 Å². The van der Waals surface area contributed by atoms with Crippen molar-refractivity contribution in [2.75, 3.05) is 13.2 Å². The van der Waals surface area contributed by atoms with E-state index in [9.17, 15) is 4.79 Å². The SMILES string of the molecule is Cc1ccc(-n2c(C)nnc2SC(C)C(=O)NCC2CCCO2)cc1. The van der Waals surface area contributed by atoms with Crippen LogP contribution in [0.1, 0.15) is 31.2 Å². The van der Waals surface area contributed by atoms with Crippen LogP contribution >= 0.6 is 11.8 Å². The zero-order valence-electron chi connectivity index (χ0n) is 14.9. The largest absolute Gasteiger partial charge is 0.376 e. The van der Waals surface area contributed by atoms with Crippen molar-refractivity contribution in [3.8, 4) is 5.69 Å². The van der Waals surface area contributed by atoms with Gasteiger partial charge in [0.05, 0.1) is 11.4 Å². The van der Waals surface area contributed by atoms with E-state index in [-0.39, 0.29) is 17.3 Å². The first-order chi connectivity index (χ1) is 12.0.